The first-order valence-corrected chi connectivity index (χ1v) is 7.21. The quantitative estimate of drug-likeness (QED) is 0.645. The van der Waals surface area contributed by atoms with Gasteiger partial charge in [0.1, 0.15) is 5.75 Å². The zero-order chi connectivity index (χ0) is 16.2. The largest absolute Gasteiger partial charge is 0.490 e. The van der Waals surface area contributed by atoms with Crippen LogP contribution in [0, 0.1) is 11.8 Å². The van der Waals surface area contributed by atoms with Crippen LogP contribution in [0.2, 0.25) is 0 Å². The maximum Gasteiger partial charge on any atom is 0.416 e. The van der Waals surface area contributed by atoms with Crippen LogP contribution >= 0.6 is 0 Å². The fourth-order valence-corrected chi connectivity index (χ4v) is 2.12. The molecular formula is C17H23F3O. The summed E-state index contributed by atoms with van der Waals surface area (Å²) in [6.07, 6.45) is -2.02. The Bertz CT molecular complexity index is 479. The number of hydrogen-bond donors (Lipinski definition) is 0. The van der Waals surface area contributed by atoms with Crippen molar-refractivity contribution in [3.8, 4) is 5.75 Å². The smallest absolute Gasteiger partial charge is 0.416 e. The molecule has 0 fully saturated rings. The van der Waals surface area contributed by atoms with Crippen molar-refractivity contribution in [3.05, 3.63) is 35.9 Å². The third-order valence-electron chi connectivity index (χ3n) is 4.16. The summed E-state index contributed by atoms with van der Waals surface area (Å²) in [5, 5.41) is 0. The second kappa shape index (κ2) is 7.01. The Morgan fingerprint density at radius 3 is 2.33 bits per heavy atom. The lowest BCUT2D eigenvalue weighted by Gasteiger charge is -2.27. The average Bonchev–Trinajstić information content (AvgIpc) is 2.44. The molecule has 0 aliphatic carbocycles. The van der Waals surface area contributed by atoms with E-state index in [2.05, 4.69) is 27.4 Å². The van der Waals surface area contributed by atoms with Crippen LogP contribution < -0.4 is 4.74 Å². The molecular weight excluding hydrogens is 277 g/mol. The first kappa shape index (κ1) is 17.6. The lowest BCUT2D eigenvalue weighted by atomic mass is 9.89. The van der Waals surface area contributed by atoms with E-state index in [1.807, 2.05) is 6.92 Å². The number of halogens is 3. The molecule has 0 saturated carbocycles. The van der Waals surface area contributed by atoms with Gasteiger partial charge in [-0.1, -0.05) is 45.9 Å². The van der Waals surface area contributed by atoms with Gasteiger partial charge in [0.2, 0.25) is 0 Å². The van der Waals surface area contributed by atoms with Gasteiger partial charge in [-0.15, -0.1) is 0 Å². The van der Waals surface area contributed by atoms with Gasteiger partial charge in [0, 0.05) is 5.56 Å². The van der Waals surface area contributed by atoms with Crippen molar-refractivity contribution in [1.29, 1.82) is 0 Å². The first-order chi connectivity index (χ1) is 9.70. The Balaban J connectivity index is 3.03. The van der Waals surface area contributed by atoms with Gasteiger partial charge in [0.25, 0.3) is 0 Å². The molecule has 1 aromatic rings. The SMILES string of the molecule is C=Cc1ccc(C(F)(F)F)cc1OC(C)C(C)C(C)CC. The molecule has 21 heavy (non-hydrogen) atoms. The van der Waals surface area contributed by atoms with Crippen molar-refractivity contribution in [2.24, 2.45) is 11.8 Å². The summed E-state index contributed by atoms with van der Waals surface area (Å²) in [5.41, 5.74) is -0.127. The summed E-state index contributed by atoms with van der Waals surface area (Å²) in [6, 6.07) is 3.50. The van der Waals surface area contributed by atoms with E-state index in [-0.39, 0.29) is 17.8 Å². The lowest BCUT2D eigenvalue weighted by molar-refractivity contribution is -0.137. The van der Waals surface area contributed by atoms with Crippen LogP contribution in [-0.2, 0) is 6.18 Å². The molecule has 0 bridgehead atoms. The van der Waals surface area contributed by atoms with Gasteiger partial charge in [-0.3, -0.25) is 0 Å². The maximum absolute atomic E-state index is 12.8. The standard InChI is InChI=1S/C17H23F3O/c1-6-11(3)12(4)13(5)21-16-10-15(17(18,19)20)9-8-14(16)7-2/h7-13H,2,6H2,1,3-5H3. The minimum Gasteiger partial charge on any atom is -0.490 e. The second-order valence-corrected chi connectivity index (χ2v) is 5.52. The molecule has 1 nitrogen and oxygen atoms in total. The topological polar surface area (TPSA) is 9.23 Å². The maximum atomic E-state index is 12.8. The second-order valence-electron chi connectivity index (χ2n) is 5.52. The highest BCUT2D eigenvalue weighted by Gasteiger charge is 2.31. The molecule has 1 aromatic carbocycles. The molecule has 0 amide bonds. The number of ether oxygens (including phenoxy) is 1. The molecule has 0 aliphatic heterocycles. The molecule has 0 aromatic heterocycles. The highest BCUT2D eigenvalue weighted by molar-refractivity contribution is 5.57. The van der Waals surface area contributed by atoms with E-state index in [1.165, 1.54) is 12.1 Å². The van der Waals surface area contributed by atoms with Crippen LogP contribution in [0.5, 0.6) is 5.75 Å². The van der Waals surface area contributed by atoms with Crippen LogP contribution in [-0.4, -0.2) is 6.10 Å². The van der Waals surface area contributed by atoms with E-state index in [0.717, 1.165) is 18.6 Å². The predicted molar refractivity (Wildman–Crippen MR) is 80.2 cm³/mol. The number of rotatable bonds is 6. The highest BCUT2D eigenvalue weighted by Crippen LogP contribution is 2.34. The molecule has 1 rings (SSSR count). The molecule has 4 heteroatoms. The Hall–Kier alpha value is -1.45. The van der Waals surface area contributed by atoms with E-state index < -0.39 is 11.7 Å². The summed E-state index contributed by atoms with van der Waals surface area (Å²) >= 11 is 0. The molecule has 3 atom stereocenters. The zero-order valence-corrected chi connectivity index (χ0v) is 13.0. The van der Waals surface area contributed by atoms with Gasteiger partial charge >= 0.3 is 6.18 Å². The molecule has 0 aliphatic rings. The van der Waals surface area contributed by atoms with E-state index in [4.69, 9.17) is 4.74 Å². The summed E-state index contributed by atoms with van der Waals surface area (Å²) in [7, 11) is 0. The monoisotopic (exact) mass is 300 g/mol. The van der Waals surface area contributed by atoms with E-state index in [1.54, 1.807) is 0 Å². The van der Waals surface area contributed by atoms with E-state index in [0.29, 0.717) is 11.5 Å². The lowest BCUT2D eigenvalue weighted by Crippen LogP contribution is -2.26. The highest BCUT2D eigenvalue weighted by atomic mass is 19.4. The molecule has 0 radical (unpaired) electrons. The van der Waals surface area contributed by atoms with Crippen molar-refractivity contribution < 1.29 is 17.9 Å². The number of alkyl halides is 3. The van der Waals surface area contributed by atoms with Crippen molar-refractivity contribution in [3.63, 3.8) is 0 Å². The summed E-state index contributed by atoms with van der Waals surface area (Å²) < 4.78 is 44.2. The third-order valence-corrected chi connectivity index (χ3v) is 4.16. The van der Waals surface area contributed by atoms with Crippen LogP contribution in [0.15, 0.2) is 24.8 Å². The van der Waals surface area contributed by atoms with Gasteiger partial charge in [-0.05, 0) is 30.9 Å². The Morgan fingerprint density at radius 1 is 1.24 bits per heavy atom. The van der Waals surface area contributed by atoms with Gasteiger partial charge in [0.05, 0.1) is 11.7 Å². The van der Waals surface area contributed by atoms with Crippen molar-refractivity contribution in [2.45, 2.75) is 46.4 Å². The number of benzene rings is 1. The molecule has 0 spiro atoms. The van der Waals surface area contributed by atoms with Crippen LogP contribution in [0.4, 0.5) is 13.2 Å². The Labute approximate surface area is 124 Å². The first-order valence-electron chi connectivity index (χ1n) is 7.21. The average molecular weight is 300 g/mol. The summed E-state index contributed by atoms with van der Waals surface area (Å²) in [4.78, 5) is 0. The van der Waals surface area contributed by atoms with Gasteiger partial charge in [-0.2, -0.15) is 13.2 Å². The molecule has 3 unspecified atom stereocenters. The van der Waals surface area contributed by atoms with Gasteiger partial charge in [-0.25, -0.2) is 0 Å². The van der Waals surface area contributed by atoms with Crippen molar-refractivity contribution >= 4 is 6.08 Å². The van der Waals surface area contributed by atoms with Crippen molar-refractivity contribution in [1.82, 2.24) is 0 Å². The zero-order valence-electron chi connectivity index (χ0n) is 13.0. The number of hydrogen-bond acceptors (Lipinski definition) is 1. The van der Waals surface area contributed by atoms with Gasteiger partial charge in [0.15, 0.2) is 0 Å². The normalized spacial score (nSPS) is 16.1. The van der Waals surface area contributed by atoms with Crippen LogP contribution in [0.3, 0.4) is 0 Å². The minimum absolute atomic E-state index is 0.165. The third kappa shape index (κ3) is 4.51. The van der Waals surface area contributed by atoms with Crippen molar-refractivity contribution in [2.75, 3.05) is 0 Å². The fraction of sp³-hybridized carbons (Fsp3) is 0.529. The summed E-state index contributed by atoms with van der Waals surface area (Å²) in [6.45, 7) is 11.8. The minimum atomic E-state index is -4.37. The molecule has 0 saturated heterocycles. The molecule has 0 heterocycles. The fourth-order valence-electron chi connectivity index (χ4n) is 2.12. The Morgan fingerprint density at radius 2 is 1.86 bits per heavy atom. The van der Waals surface area contributed by atoms with Crippen LogP contribution in [0.1, 0.15) is 45.2 Å². The Kier molecular flexibility index (Phi) is 5.87. The predicted octanol–water partition coefficient (Wildman–Crippen LogP) is 5.80. The summed E-state index contributed by atoms with van der Waals surface area (Å²) in [5.74, 6) is 0.933. The molecule has 0 N–H and O–H groups in total. The molecule has 118 valence electrons. The van der Waals surface area contributed by atoms with Crippen LogP contribution in [0.25, 0.3) is 6.08 Å². The van der Waals surface area contributed by atoms with E-state index >= 15 is 0 Å². The van der Waals surface area contributed by atoms with Gasteiger partial charge < -0.3 is 4.74 Å². The van der Waals surface area contributed by atoms with E-state index in [9.17, 15) is 13.2 Å².